The van der Waals surface area contributed by atoms with Crippen LogP contribution in [0, 0.1) is 50.2 Å². The van der Waals surface area contributed by atoms with Gasteiger partial charge >= 0.3 is 11.9 Å². The molecule has 268 valence electrons. The van der Waals surface area contributed by atoms with E-state index in [2.05, 4.69) is 11.8 Å². The summed E-state index contributed by atoms with van der Waals surface area (Å²) >= 11 is 0. The Labute approximate surface area is 315 Å². The lowest BCUT2D eigenvalue weighted by Gasteiger charge is -2.08. The van der Waals surface area contributed by atoms with E-state index in [0.717, 1.165) is 46.2 Å². The number of esters is 2. The first kappa shape index (κ1) is 38.5. The van der Waals surface area contributed by atoms with Crippen LogP contribution in [0.4, 0.5) is 8.78 Å². The maximum atomic E-state index is 14.5. The second-order valence-corrected chi connectivity index (χ2v) is 12.6. The zero-order chi connectivity index (χ0) is 38.5. The van der Waals surface area contributed by atoms with E-state index in [9.17, 15) is 18.4 Å². The van der Waals surface area contributed by atoms with Crippen molar-refractivity contribution in [2.45, 2.75) is 39.5 Å². The Bertz CT molecular complexity index is 2290. The van der Waals surface area contributed by atoms with Gasteiger partial charge < -0.3 is 9.47 Å². The molecule has 0 heterocycles. The Morgan fingerprint density at radius 1 is 0.519 bits per heavy atom. The van der Waals surface area contributed by atoms with Crippen molar-refractivity contribution in [1.29, 1.82) is 0 Å². The van der Waals surface area contributed by atoms with E-state index < -0.39 is 23.6 Å². The molecular formula is C48H38F2O4. The first-order chi connectivity index (χ1) is 26.1. The quantitative estimate of drug-likeness (QED) is 0.0805. The van der Waals surface area contributed by atoms with Crippen molar-refractivity contribution < 1.29 is 27.8 Å². The van der Waals surface area contributed by atoms with Crippen LogP contribution in [0.5, 0.6) is 11.5 Å². The highest BCUT2D eigenvalue weighted by atomic mass is 19.1. The zero-order valence-corrected chi connectivity index (χ0v) is 30.1. The molecule has 6 aromatic carbocycles. The van der Waals surface area contributed by atoms with Crippen LogP contribution in [0.25, 0.3) is 22.3 Å². The summed E-state index contributed by atoms with van der Waals surface area (Å²) in [6.45, 7) is 3.95. The number of hydrogen-bond acceptors (Lipinski definition) is 4. The average molecular weight is 717 g/mol. The van der Waals surface area contributed by atoms with Gasteiger partial charge in [0, 0.05) is 30.0 Å². The van der Waals surface area contributed by atoms with Crippen molar-refractivity contribution in [3.8, 4) is 58.4 Å². The van der Waals surface area contributed by atoms with Crippen molar-refractivity contribution in [2.24, 2.45) is 0 Å². The van der Waals surface area contributed by atoms with Crippen LogP contribution in [-0.4, -0.2) is 11.9 Å². The largest absolute Gasteiger partial charge is 0.423 e. The molecule has 0 amide bonds. The molecule has 0 unspecified atom stereocenters. The zero-order valence-electron chi connectivity index (χ0n) is 30.1. The molecule has 0 aliphatic heterocycles. The van der Waals surface area contributed by atoms with Gasteiger partial charge in [-0.3, -0.25) is 0 Å². The van der Waals surface area contributed by atoms with Crippen LogP contribution in [0.15, 0.2) is 133 Å². The molecule has 0 aromatic heterocycles. The van der Waals surface area contributed by atoms with Gasteiger partial charge in [0.1, 0.15) is 23.1 Å². The predicted molar refractivity (Wildman–Crippen MR) is 210 cm³/mol. The number of hydrogen-bond donors (Lipinski definition) is 0. The molecule has 0 fully saturated rings. The highest BCUT2D eigenvalue weighted by molar-refractivity contribution is 5.92. The Hall–Kier alpha value is -6.76. The smallest absolute Gasteiger partial charge is 0.343 e. The molecule has 54 heavy (non-hydrogen) atoms. The number of halogens is 2. The Balaban J connectivity index is 0.000000208. The average Bonchev–Trinajstić information content (AvgIpc) is 3.18. The summed E-state index contributed by atoms with van der Waals surface area (Å²) in [7, 11) is 0. The number of carbonyl (C=O) groups excluding carboxylic acids is 2. The van der Waals surface area contributed by atoms with Gasteiger partial charge in [0.2, 0.25) is 0 Å². The molecular weight excluding hydrogens is 679 g/mol. The van der Waals surface area contributed by atoms with E-state index in [0.29, 0.717) is 35.3 Å². The van der Waals surface area contributed by atoms with Crippen LogP contribution >= 0.6 is 0 Å². The fourth-order valence-electron chi connectivity index (χ4n) is 5.43. The number of benzene rings is 6. The van der Waals surface area contributed by atoms with E-state index in [1.165, 1.54) is 12.1 Å². The molecule has 6 aromatic rings. The summed E-state index contributed by atoms with van der Waals surface area (Å²) in [4.78, 5) is 24.6. The van der Waals surface area contributed by atoms with Gasteiger partial charge in [-0.15, -0.1) is 24.7 Å². The Morgan fingerprint density at radius 3 is 1.41 bits per heavy atom. The van der Waals surface area contributed by atoms with Gasteiger partial charge in [-0.1, -0.05) is 90.0 Å². The standard InChI is InChI=1S/2C24H19FO2/c1-3-4-5-18-8-13-21(14-9-18)27-24(26)20-12-15-22(23(25)16-20)19-10-6-17(2)7-11-19;1-3-4-5-18-8-12-20(13-9-18)24(26)27-21-14-15-22(23(25)16-21)19-10-6-17(2)7-11-19/h2*1,6-16H,4-5H2,2H3. The van der Waals surface area contributed by atoms with E-state index in [1.54, 1.807) is 48.5 Å². The van der Waals surface area contributed by atoms with Gasteiger partial charge in [0.05, 0.1) is 11.1 Å². The van der Waals surface area contributed by atoms with Crippen LogP contribution in [-0.2, 0) is 12.8 Å². The maximum Gasteiger partial charge on any atom is 0.343 e. The van der Waals surface area contributed by atoms with Crippen LogP contribution < -0.4 is 9.47 Å². The lowest BCUT2D eigenvalue weighted by Crippen LogP contribution is -2.09. The molecule has 0 bridgehead atoms. The van der Waals surface area contributed by atoms with Gasteiger partial charge in [-0.2, -0.15) is 0 Å². The first-order valence-electron chi connectivity index (χ1n) is 17.4. The Morgan fingerprint density at radius 2 is 0.926 bits per heavy atom. The maximum absolute atomic E-state index is 14.5. The summed E-state index contributed by atoms with van der Waals surface area (Å²) in [5.74, 6) is 3.73. The summed E-state index contributed by atoms with van der Waals surface area (Å²) in [5, 5.41) is 0. The second kappa shape index (κ2) is 18.6. The summed E-state index contributed by atoms with van der Waals surface area (Å²) in [6.07, 6.45) is 13.3. The third-order valence-electron chi connectivity index (χ3n) is 8.52. The molecule has 0 radical (unpaired) electrons. The van der Waals surface area contributed by atoms with Crippen molar-refractivity contribution in [1.82, 2.24) is 0 Å². The Kier molecular flexibility index (Phi) is 13.3. The third kappa shape index (κ3) is 10.6. The highest BCUT2D eigenvalue weighted by Gasteiger charge is 2.14. The molecule has 4 nitrogen and oxygen atoms in total. The highest BCUT2D eigenvalue weighted by Crippen LogP contribution is 2.28. The molecule has 0 saturated carbocycles. The minimum atomic E-state index is -0.597. The molecule has 0 saturated heterocycles. The molecule has 0 atom stereocenters. The fourth-order valence-corrected chi connectivity index (χ4v) is 5.43. The van der Waals surface area contributed by atoms with Gasteiger partial charge in [-0.05, 0) is 97.5 Å². The molecule has 0 aliphatic rings. The second-order valence-electron chi connectivity index (χ2n) is 12.6. The lowest BCUT2D eigenvalue weighted by molar-refractivity contribution is 0.0724. The fraction of sp³-hybridized carbons (Fsp3) is 0.125. The summed E-state index contributed by atoms with van der Waals surface area (Å²) in [5.41, 5.74) is 7.36. The predicted octanol–water partition coefficient (Wildman–Crippen LogP) is 11.2. The molecule has 0 N–H and O–H groups in total. The molecule has 6 heteroatoms. The molecule has 6 rings (SSSR count). The number of ether oxygens (including phenoxy) is 2. The minimum Gasteiger partial charge on any atom is -0.423 e. The van der Waals surface area contributed by atoms with E-state index in [4.69, 9.17) is 22.3 Å². The van der Waals surface area contributed by atoms with Crippen LogP contribution in [0.2, 0.25) is 0 Å². The van der Waals surface area contributed by atoms with Crippen molar-refractivity contribution >= 4 is 11.9 Å². The van der Waals surface area contributed by atoms with E-state index in [-0.39, 0.29) is 11.3 Å². The number of carbonyl (C=O) groups is 2. The van der Waals surface area contributed by atoms with Crippen molar-refractivity contribution in [3.05, 3.63) is 178 Å². The first-order valence-corrected chi connectivity index (χ1v) is 17.4. The van der Waals surface area contributed by atoms with E-state index >= 15 is 0 Å². The summed E-state index contributed by atoms with van der Waals surface area (Å²) in [6, 6.07) is 38.1. The van der Waals surface area contributed by atoms with Gasteiger partial charge in [0.25, 0.3) is 0 Å². The SMILES string of the molecule is C#CCCc1ccc(C(=O)Oc2ccc(-c3ccc(C)cc3)c(F)c2)cc1.C#CCCc1ccc(OC(=O)c2ccc(-c3ccc(C)cc3)c(F)c2)cc1. The van der Waals surface area contributed by atoms with Crippen molar-refractivity contribution in [3.63, 3.8) is 0 Å². The molecule has 0 aliphatic carbocycles. The minimum absolute atomic E-state index is 0.166. The van der Waals surface area contributed by atoms with Gasteiger partial charge in [-0.25, -0.2) is 18.4 Å². The monoisotopic (exact) mass is 716 g/mol. The lowest BCUT2D eigenvalue weighted by atomic mass is 10.0. The number of terminal acetylenes is 2. The molecule has 0 spiro atoms. The topological polar surface area (TPSA) is 52.6 Å². The third-order valence-corrected chi connectivity index (χ3v) is 8.52. The van der Waals surface area contributed by atoms with E-state index in [1.807, 2.05) is 86.6 Å². The van der Waals surface area contributed by atoms with Gasteiger partial charge in [0.15, 0.2) is 0 Å². The van der Waals surface area contributed by atoms with Crippen molar-refractivity contribution in [2.75, 3.05) is 0 Å². The number of aryl methyl sites for hydroxylation is 4. The number of rotatable bonds is 10. The van der Waals surface area contributed by atoms with Crippen LogP contribution in [0.1, 0.15) is 55.8 Å². The summed E-state index contributed by atoms with van der Waals surface area (Å²) < 4.78 is 39.6. The van der Waals surface area contributed by atoms with Crippen LogP contribution in [0.3, 0.4) is 0 Å². The normalized spacial score (nSPS) is 10.3.